The third kappa shape index (κ3) is 4.36. The smallest absolute Gasteiger partial charge is 0.261 e. The topological polar surface area (TPSA) is 51.7 Å². The number of hydrogen-bond acceptors (Lipinski definition) is 5. The summed E-state index contributed by atoms with van der Waals surface area (Å²) in [6.07, 6.45) is 1.86. The van der Waals surface area contributed by atoms with Gasteiger partial charge in [-0.2, -0.15) is 0 Å². The highest BCUT2D eigenvalue weighted by molar-refractivity contribution is 7.22. The molecular formula is C21H20Cl2N2O3S. The second kappa shape index (κ2) is 8.88. The molecule has 0 radical (unpaired) electrons. The van der Waals surface area contributed by atoms with Crippen molar-refractivity contribution in [3.05, 3.63) is 52.0 Å². The van der Waals surface area contributed by atoms with Crippen molar-refractivity contribution in [1.82, 2.24) is 4.98 Å². The average molecular weight is 451 g/mol. The van der Waals surface area contributed by atoms with E-state index in [1.807, 2.05) is 25.1 Å². The molecule has 0 bridgehead atoms. The van der Waals surface area contributed by atoms with E-state index in [1.54, 1.807) is 23.1 Å². The van der Waals surface area contributed by atoms with Crippen molar-refractivity contribution in [2.45, 2.75) is 25.9 Å². The van der Waals surface area contributed by atoms with Crippen LogP contribution < -0.4 is 9.64 Å². The van der Waals surface area contributed by atoms with Gasteiger partial charge in [0.25, 0.3) is 5.91 Å². The van der Waals surface area contributed by atoms with Gasteiger partial charge >= 0.3 is 0 Å². The van der Waals surface area contributed by atoms with Crippen LogP contribution in [0.25, 0.3) is 10.2 Å². The second-order valence-corrected chi connectivity index (χ2v) is 8.56. The fourth-order valence-corrected chi connectivity index (χ4v) is 4.71. The SMILES string of the molecule is CCOc1cccc2sc(N(CC3CCCO3)C(=O)c3cc(Cl)ccc3Cl)nc12. The standard InChI is InChI=1S/C21H20Cl2N2O3S/c1-2-27-17-6-3-7-18-19(17)24-21(29-18)25(12-14-5-4-10-28-14)20(26)15-11-13(22)8-9-16(15)23/h3,6-9,11,14H,2,4-5,10,12H2,1H3. The molecule has 8 heteroatoms. The molecule has 152 valence electrons. The summed E-state index contributed by atoms with van der Waals surface area (Å²) in [5.41, 5.74) is 1.10. The van der Waals surface area contributed by atoms with E-state index in [0.29, 0.717) is 46.2 Å². The number of benzene rings is 2. The maximum absolute atomic E-state index is 13.5. The molecule has 0 saturated carbocycles. The summed E-state index contributed by atoms with van der Waals surface area (Å²) in [5, 5.41) is 1.40. The number of hydrogen-bond donors (Lipinski definition) is 0. The second-order valence-electron chi connectivity index (χ2n) is 6.71. The number of anilines is 1. The van der Waals surface area contributed by atoms with Gasteiger partial charge in [-0.15, -0.1) is 0 Å². The summed E-state index contributed by atoms with van der Waals surface area (Å²) in [6.45, 7) is 3.59. The van der Waals surface area contributed by atoms with Gasteiger partial charge < -0.3 is 9.47 Å². The molecule has 4 rings (SSSR count). The van der Waals surface area contributed by atoms with Gasteiger partial charge in [-0.05, 0) is 50.1 Å². The minimum atomic E-state index is -0.245. The van der Waals surface area contributed by atoms with Crippen LogP contribution in [0.3, 0.4) is 0 Å². The number of rotatable bonds is 6. The molecule has 0 aliphatic carbocycles. The number of nitrogens with zero attached hydrogens (tertiary/aromatic N) is 2. The molecule has 29 heavy (non-hydrogen) atoms. The molecular weight excluding hydrogens is 431 g/mol. The molecule has 5 nitrogen and oxygen atoms in total. The number of aromatic nitrogens is 1. The first-order chi connectivity index (χ1) is 14.1. The van der Waals surface area contributed by atoms with Gasteiger partial charge in [0.2, 0.25) is 0 Å². The first kappa shape index (κ1) is 20.4. The molecule has 2 heterocycles. The molecule has 0 N–H and O–H groups in total. The molecule has 1 aliphatic rings. The Labute approximate surface area is 183 Å². The number of carbonyl (C=O) groups excluding carboxylic acids is 1. The lowest BCUT2D eigenvalue weighted by Gasteiger charge is -2.23. The third-order valence-electron chi connectivity index (χ3n) is 4.72. The number of ether oxygens (including phenoxy) is 2. The molecule has 0 spiro atoms. The van der Waals surface area contributed by atoms with E-state index in [9.17, 15) is 4.79 Å². The maximum atomic E-state index is 13.5. The summed E-state index contributed by atoms with van der Waals surface area (Å²) in [5.74, 6) is 0.461. The average Bonchev–Trinajstić information content (AvgIpc) is 3.37. The zero-order valence-corrected chi connectivity index (χ0v) is 18.2. The van der Waals surface area contributed by atoms with E-state index >= 15 is 0 Å². The van der Waals surface area contributed by atoms with Gasteiger partial charge in [0.1, 0.15) is 11.3 Å². The maximum Gasteiger partial charge on any atom is 0.261 e. The van der Waals surface area contributed by atoms with Gasteiger partial charge in [0.15, 0.2) is 5.13 Å². The zero-order chi connectivity index (χ0) is 20.4. The lowest BCUT2D eigenvalue weighted by molar-refractivity contribution is 0.0917. The molecule has 1 atom stereocenters. The molecule has 3 aromatic rings. The van der Waals surface area contributed by atoms with Crippen LogP contribution in [0.15, 0.2) is 36.4 Å². The van der Waals surface area contributed by atoms with Crippen LogP contribution in [-0.4, -0.2) is 36.8 Å². The summed E-state index contributed by atoms with van der Waals surface area (Å²) < 4.78 is 12.4. The highest BCUT2D eigenvalue weighted by Crippen LogP contribution is 2.36. The Balaban J connectivity index is 1.76. The zero-order valence-electron chi connectivity index (χ0n) is 15.9. The Morgan fingerprint density at radius 1 is 1.34 bits per heavy atom. The number of para-hydroxylation sites is 1. The van der Waals surface area contributed by atoms with Gasteiger partial charge in [0, 0.05) is 11.6 Å². The lowest BCUT2D eigenvalue weighted by atomic mass is 10.1. The highest BCUT2D eigenvalue weighted by Gasteiger charge is 2.28. The number of thiazole rings is 1. The molecule has 1 unspecified atom stereocenters. The molecule has 1 saturated heterocycles. The molecule has 1 aromatic heterocycles. The Hall–Kier alpha value is -1.86. The van der Waals surface area contributed by atoms with Crippen LogP contribution in [-0.2, 0) is 4.74 Å². The first-order valence-electron chi connectivity index (χ1n) is 9.47. The Morgan fingerprint density at radius 3 is 2.97 bits per heavy atom. The van der Waals surface area contributed by atoms with E-state index in [2.05, 4.69) is 0 Å². The Bertz CT molecular complexity index is 1030. The highest BCUT2D eigenvalue weighted by atomic mass is 35.5. The van der Waals surface area contributed by atoms with Gasteiger partial charge in [-0.25, -0.2) is 4.98 Å². The minimum absolute atomic E-state index is 0.0321. The Morgan fingerprint density at radius 2 is 2.21 bits per heavy atom. The van der Waals surface area contributed by atoms with Gasteiger partial charge in [0.05, 0.1) is 34.5 Å². The van der Waals surface area contributed by atoms with E-state index < -0.39 is 0 Å². The van der Waals surface area contributed by atoms with Crippen molar-refractivity contribution in [2.75, 3.05) is 24.7 Å². The van der Waals surface area contributed by atoms with Crippen molar-refractivity contribution in [3.8, 4) is 5.75 Å². The third-order valence-corrected chi connectivity index (χ3v) is 6.32. The monoisotopic (exact) mass is 450 g/mol. The van der Waals surface area contributed by atoms with Gasteiger partial charge in [-0.3, -0.25) is 9.69 Å². The Kier molecular flexibility index (Phi) is 6.25. The van der Waals surface area contributed by atoms with E-state index in [-0.39, 0.29) is 12.0 Å². The van der Waals surface area contributed by atoms with Crippen LogP contribution in [0.5, 0.6) is 5.75 Å². The van der Waals surface area contributed by atoms with E-state index in [4.69, 9.17) is 37.7 Å². The number of amides is 1. The summed E-state index contributed by atoms with van der Waals surface area (Å²) >= 11 is 13.9. The van der Waals surface area contributed by atoms with E-state index in [1.165, 1.54) is 11.3 Å². The van der Waals surface area contributed by atoms with Crippen molar-refractivity contribution in [3.63, 3.8) is 0 Å². The fourth-order valence-electron chi connectivity index (χ4n) is 3.35. The molecule has 1 amide bonds. The first-order valence-corrected chi connectivity index (χ1v) is 11.0. The van der Waals surface area contributed by atoms with Crippen molar-refractivity contribution < 1.29 is 14.3 Å². The fraction of sp³-hybridized carbons (Fsp3) is 0.333. The minimum Gasteiger partial charge on any atom is -0.492 e. The van der Waals surface area contributed by atoms with Gasteiger partial charge in [-0.1, -0.05) is 40.6 Å². The van der Waals surface area contributed by atoms with Crippen molar-refractivity contribution >= 4 is 55.8 Å². The number of halogens is 2. The van der Waals surface area contributed by atoms with Crippen molar-refractivity contribution in [2.24, 2.45) is 0 Å². The van der Waals surface area contributed by atoms with Crippen LogP contribution >= 0.6 is 34.5 Å². The summed E-state index contributed by atoms with van der Waals surface area (Å²) in [6, 6.07) is 10.7. The van der Waals surface area contributed by atoms with Crippen LogP contribution in [0.4, 0.5) is 5.13 Å². The predicted molar refractivity (Wildman–Crippen MR) is 118 cm³/mol. The van der Waals surface area contributed by atoms with Crippen molar-refractivity contribution in [1.29, 1.82) is 0 Å². The van der Waals surface area contributed by atoms with Crippen LogP contribution in [0.2, 0.25) is 10.0 Å². The lowest BCUT2D eigenvalue weighted by Crippen LogP contribution is -2.37. The molecule has 1 aliphatic heterocycles. The molecule has 1 fully saturated rings. The predicted octanol–water partition coefficient (Wildman–Crippen LogP) is 5.83. The molecule has 2 aromatic carbocycles. The van der Waals surface area contributed by atoms with E-state index in [0.717, 1.165) is 23.1 Å². The largest absolute Gasteiger partial charge is 0.492 e. The number of fused-ring (bicyclic) bond motifs is 1. The quantitative estimate of drug-likeness (QED) is 0.474. The summed E-state index contributed by atoms with van der Waals surface area (Å²) in [7, 11) is 0. The van der Waals surface area contributed by atoms with Crippen LogP contribution in [0, 0.1) is 0 Å². The number of carbonyl (C=O) groups is 1. The van der Waals surface area contributed by atoms with Crippen LogP contribution in [0.1, 0.15) is 30.1 Å². The normalized spacial score (nSPS) is 16.3. The summed E-state index contributed by atoms with van der Waals surface area (Å²) in [4.78, 5) is 19.8.